The maximum absolute atomic E-state index is 11.1. The van der Waals surface area contributed by atoms with Crippen LogP contribution in [0.3, 0.4) is 0 Å². The molecule has 0 spiro atoms. The summed E-state index contributed by atoms with van der Waals surface area (Å²) in [5.74, 6) is 0.390. The summed E-state index contributed by atoms with van der Waals surface area (Å²) < 4.78 is 0. The summed E-state index contributed by atoms with van der Waals surface area (Å²) in [6.45, 7) is 2.01. The summed E-state index contributed by atoms with van der Waals surface area (Å²) in [7, 11) is 0. The molecule has 0 aliphatic heterocycles. The maximum atomic E-state index is 11.1. The average Bonchev–Trinajstić information content (AvgIpc) is 2.28. The second-order valence-corrected chi connectivity index (χ2v) is 4.78. The number of hydrogen-bond donors (Lipinski definition) is 1. The number of hydrogen-bond acceptors (Lipinski definition) is 2. The van der Waals surface area contributed by atoms with Crippen molar-refractivity contribution in [2.24, 2.45) is 0 Å². The fourth-order valence-electron chi connectivity index (χ4n) is 2.07. The predicted octanol–water partition coefficient (Wildman–Crippen LogP) is 3.57. The third-order valence-electron chi connectivity index (χ3n) is 3.17. The molecule has 1 aliphatic carbocycles. The number of benzene rings is 1. The van der Waals surface area contributed by atoms with Crippen molar-refractivity contribution < 1.29 is 4.79 Å². The van der Waals surface area contributed by atoms with Crippen molar-refractivity contribution >= 4 is 23.1 Å². The van der Waals surface area contributed by atoms with E-state index in [4.69, 9.17) is 11.6 Å². The van der Waals surface area contributed by atoms with Crippen LogP contribution in [0.1, 0.15) is 31.2 Å². The Bertz CT molecular complexity index is 393. The molecular weight excluding hydrogens is 222 g/mol. The molecule has 0 heterocycles. The lowest BCUT2D eigenvalue weighted by Crippen LogP contribution is -2.26. The van der Waals surface area contributed by atoms with Crippen molar-refractivity contribution in [1.82, 2.24) is 0 Å². The lowest BCUT2D eigenvalue weighted by atomic mass is 9.94. The van der Waals surface area contributed by atoms with E-state index in [1.54, 1.807) is 0 Å². The minimum Gasteiger partial charge on any atom is -0.382 e. The van der Waals surface area contributed by atoms with Crippen molar-refractivity contribution in [2.45, 2.75) is 38.6 Å². The van der Waals surface area contributed by atoms with Crippen LogP contribution in [0.15, 0.2) is 18.2 Å². The molecule has 0 amide bonds. The van der Waals surface area contributed by atoms with Gasteiger partial charge in [-0.2, -0.15) is 0 Å². The van der Waals surface area contributed by atoms with Gasteiger partial charge >= 0.3 is 0 Å². The number of nitrogens with one attached hydrogen (secondary N) is 1. The highest BCUT2D eigenvalue weighted by molar-refractivity contribution is 6.31. The first kappa shape index (κ1) is 11.5. The summed E-state index contributed by atoms with van der Waals surface area (Å²) in [6, 6.07) is 6.30. The molecule has 1 aliphatic rings. The summed E-state index contributed by atoms with van der Waals surface area (Å²) in [5.41, 5.74) is 2.17. The van der Waals surface area contributed by atoms with Gasteiger partial charge in [-0.25, -0.2) is 0 Å². The first-order chi connectivity index (χ1) is 7.66. The molecule has 16 heavy (non-hydrogen) atoms. The van der Waals surface area contributed by atoms with E-state index in [9.17, 15) is 4.79 Å². The molecule has 1 aromatic carbocycles. The molecule has 1 saturated carbocycles. The molecule has 0 bridgehead atoms. The first-order valence-corrected chi connectivity index (χ1v) is 6.08. The van der Waals surface area contributed by atoms with E-state index in [0.29, 0.717) is 24.7 Å². The predicted molar refractivity (Wildman–Crippen MR) is 67.1 cm³/mol. The molecule has 3 heteroatoms. The molecule has 1 aromatic rings. The Labute approximate surface area is 101 Å². The van der Waals surface area contributed by atoms with Gasteiger partial charge in [0.1, 0.15) is 5.78 Å². The van der Waals surface area contributed by atoms with Gasteiger partial charge in [-0.05, 0) is 37.5 Å². The number of rotatable bonds is 2. The van der Waals surface area contributed by atoms with E-state index >= 15 is 0 Å². The van der Waals surface area contributed by atoms with E-state index in [1.165, 1.54) is 0 Å². The van der Waals surface area contributed by atoms with Crippen LogP contribution in [0.5, 0.6) is 0 Å². The van der Waals surface area contributed by atoms with Crippen LogP contribution >= 0.6 is 11.6 Å². The van der Waals surface area contributed by atoms with Crippen molar-refractivity contribution in [1.29, 1.82) is 0 Å². The highest BCUT2D eigenvalue weighted by Crippen LogP contribution is 2.26. The standard InChI is InChI=1S/C13H16ClNO/c1-9-12(14)3-2-4-13(9)15-10-5-7-11(16)8-6-10/h2-4,10,15H,5-8H2,1H3. The van der Waals surface area contributed by atoms with Crippen LogP contribution in [0.25, 0.3) is 0 Å². The lowest BCUT2D eigenvalue weighted by Gasteiger charge is -2.24. The summed E-state index contributed by atoms with van der Waals surface area (Å²) >= 11 is 6.06. The number of anilines is 1. The molecule has 1 N–H and O–H groups in total. The van der Waals surface area contributed by atoms with Crippen molar-refractivity contribution in [2.75, 3.05) is 5.32 Å². The Hall–Kier alpha value is -1.02. The highest BCUT2D eigenvalue weighted by Gasteiger charge is 2.18. The van der Waals surface area contributed by atoms with Crippen LogP contribution < -0.4 is 5.32 Å². The van der Waals surface area contributed by atoms with Crippen molar-refractivity contribution in [3.8, 4) is 0 Å². The first-order valence-electron chi connectivity index (χ1n) is 5.70. The minimum absolute atomic E-state index is 0.390. The monoisotopic (exact) mass is 237 g/mol. The quantitative estimate of drug-likeness (QED) is 0.852. The Morgan fingerprint density at radius 1 is 1.31 bits per heavy atom. The van der Waals surface area contributed by atoms with E-state index < -0.39 is 0 Å². The second kappa shape index (κ2) is 4.88. The molecular formula is C13H16ClNO. The Morgan fingerprint density at radius 3 is 2.69 bits per heavy atom. The summed E-state index contributed by atoms with van der Waals surface area (Å²) in [4.78, 5) is 11.1. The molecule has 0 saturated heterocycles. The van der Waals surface area contributed by atoms with E-state index in [0.717, 1.165) is 29.1 Å². The van der Waals surface area contributed by atoms with Crippen LogP contribution in [0.4, 0.5) is 5.69 Å². The summed E-state index contributed by atoms with van der Waals surface area (Å²) in [6.07, 6.45) is 3.28. The van der Waals surface area contributed by atoms with Crippen LogP contribution in [0, 0.1) is 6.92 Å². The largest absolute Gasteiger partial charge is 0.382 e. The van der Waals surface area contributed by atoms with Crippen molar-refractivity contribution in [3.63, 3.8) is 0 Å². The topological polar surface area (TPSA) is 29.1 Å². The Kier molecular flexibility index (Phi) is 3.49. The fraction of sp³-hybridized carbons (Fsp3) is 0.462. The zero-order chi connectivity index (χ0) is 11.5. The van der Waals surface area contributed by atoms with Crippen LogP contribution in [-0.4, -0.2) is 11.8 Å². The molecule has 2 rings (SSSR count). The smallest absolute Gasteiger partial charge is 0.133 e. The van der Waals surface area contributed by atoms with Gasteiger partial charge < -0.3 is 5.32 Å². The maximum Gasteiger partial charge on any atom is 0.133 e. The summed E-state index contributed by atoms with van der Waals surface area (Å²) in [5, 5.41) is 4.26. The number of ketones is 1. The Balaban J connectivity index is 2.04. The zero-order valence-corrected chi connectivity index (χ0v) is 10.2. The third kappa shape index (κ3) is 2.56. The number of carbonyl (C=O) groups excluding carboxylic acids is 1. The Morgan fingerprint density at radius 2 is 2.00 bits per heavy atom. The molecule has 0 unspecified atom stereocenters. The molecule has 0 atom stereocenters. The third-order valence-corrected chi connectivity index (χ3v) is 3.58. The van der Waals surface area contributed by atoms with Crippen molar-refractivity contribution in [3.05, 3.63) is 28.8 Å². The number of carbonyl (C=O) groups is 1. The average molecular weight is 238 g/mol. The number of halogens is 1. The fourth-order valence-corrected chi connectivity index (χ4v) is 2.24. The SMILES string of the molecule is Cc1c(Cl)cccc1NC1CCC(=O)CC1. The van der Waals surface area contributed by atoms with Gasteiger partial charge in [0.15, 0.2) is 0 Å². The molecule has 2 nitrogen and oxygen atoms in total. The lowest BCUT2D eigenvalue weighted by molar-refractivity contribution is -0.120. The van der Waals surface area contributed by atoms with Crippen LogP contribution in [-0.2, 0) is 4.79 Å². The van der Waals surface area contributed by atoms with Gasteiger partial charge in [-0.1, -0.05) is 17.7 Å². The molecule has 1 fully saturated rings. The number of Topliss-reactive ketones (excluding diaryl/α,β-unsaturated/α-hetero) is 1. The molecule has 0 aromatic heterocycles. The van der Waals surface area contributed by atoms with Gasteiger partial charge in [0.05, 0.1) is 0 Å². The minimum atomic E-state index is 0.390. The molecule has 86 valence electrons. The van der Waals surface area contributed by atoms with Gasteiger partial charge in [0, 0.05) is 29.6 Å². The van der Waals surface area contributed by atoms with E-state index in [2.05, 4.69) is 5.32 Å². The zero-order valence-electron chi connectivity index (χ0n) is 9.42. The normalized spacial score (nSPS) is 17.5. The molecule has 0 radical (unpaired) electrons. The van der Waals surface area contributed by atoms with Gasteiger partial charge in [-0.3, -0.25) is 4.79 Å². The van der Waals surface area contributed by atoms with Crippen LogP contribution in [0.2, 0.25) is 5.02 Å². The van der Waals surface area contributed by atoms with E-state index in [1.807, 2.05) is 25.1 Å². The second-order valence-electron chi connectivity index (χ2n) is 4.37. The van der Waals surface area contributed by atoms with Gasteiger partial charge in [0.25, 0.3) is 0 Å². The van der Waals surface area contributed by atoms with E-state index in [-0.39, 0.29) is 0 Å². The van der Waals surface area contributed by atoms with Gasteiger partial charge in [0.2, 0.25) is 0 Å². The van der Waals surface area contributed by atoms with Gasteiger partial charge in [-0.15, -0.1) is 0 Å². The highest BCUT2D eigenvalue weighted by atomic mass is 35.5.